The van der Waals surface area contributed by atoms with Crippen molar-refractivity contribution in [3.8, 4) is 5.75 Å². The van der Waals surface area contributed by atoms with Crippen LogP contribution in [0.3, 0.4) is 0 Å². The first-order valence-electron chi connectivity index (χ1n) is 9.93. The molecule has 0 bridgehead atoms. The van der Waals surface area contributed by atoms with Gasteiger partial charge in [-0.1, -0.05) is 12.1 Å². The van der Waals surface area contributed by atoms with Gasteiger partial charge in [0.1, 0.15) is 18.1 Å². The molecule has 0 saturated carbocycles. The number of ether oxygens (including phenoxy) is 3. The van der Waals surface area contributed by atoms with Gasteiger partial charge >= 0.3 is 0 Å². The van der Waals surface area contributed by atoms with Gasteiger partial charge in [-0.15, -0.1) is 11.3 Å². The highest BCUT2D eigenvalue weighted by molar-refractivity contribution is 7.13. The minimum atomic E-state index is -0.475. The van der Waals surface area contributed by atoms with Crippen molar-refractivity contribution in [2.45, 2.75) is 18.9 Å². The van der Waals surface area contributed by atoms with Crippen molar-refractivity contribution in [1.82, 2.24) is 15.8 Å². The minimum Gasteiger partial charge on any atom is -0.490 e. The third kappa shape index (κ3) is 5.07. The summed E-state index contributed by atoms with van der Waals surface area (Å²) in [4.78, 5) is 31.4. The van der Waals surface area contributed by atoms with E-state index in [9.17, 15) is 9.59 Å². The number of para-hydroxylation sites is 1. The number of carbonyl (C=O) groups excluding carboxylic acids is 2. The van der Waals surface area contributed by atoms with Crippen LogP contribution in [-0.2, 0) is 9.47 Å². The molecule has 160 valence electrons. The van der Waals surface area contributed by atoms with Gasteiger partial charge in [0.15, 0.2) is 5.13 Å². The summed E-state index contributed by atoms with van der Waals surface area (Å²) in [6.45, 7) is 3.91. The number of thiazole rings is 1. The summed E-state index contributed by atoms with van der Waals surface area (Å²) in [6.07, 6.45) is 2.02. The van der Waals surface area contributed by atoms with Crippen molar-refractivity contribution in [2.75, 3.05) is 44.4 Å². The molecule has 10 heteroatoms. The Kier molecular flexibility index (Phi) is 6.77. The lowest BCUT2D eigenvalue weighted by molar-refractivity contribution is 0.0669. The van der Waals surface area contributed by atoms with E-state index in [1.807, 2.05) is 0 Å². The molecule has 9 nitrogen and oxygen atoms in total. The number of hydrazine groups is 1. The van der Waals surface area contributed by atoms with Gasteiger partial charge in [0.05, 0.1) is 24.9 Å². The predicted octanol–water partition coefficient (Wildman–Crippen LogP) is 1.61. The number of nitrogens with one attached hydrogen (secondary N) is 2. The maximum absolute atomic E-state index is 12.6. The van der Waals surface area contributed by atoms with Gasteiger partial charge < -0.3 is 19.1 Å². The van der Waals surface area contributed by atoms with E-state index in [2.05, 4.69) is 20.7 Å². The second kappa shape index (κ2) is 9.88. The SMILES string of the molecule is O=C(NNC(=O)c1ccccc1OCC1CCCO1)c1csc(N2CCOCC2)n1. The van der Waals surface area contributed by atoms with E-state index in [4.69, 9.17) is 14.2 Å². The zero-order valence-electron chi connectivity index (χ0n) is 16.5. The second-order valence-corrected chi connectivity index (χ2v) is 7.80. The van der Waals surface area contributed by atoms with Crippen LogP contribution in [0.5, 0.6) is 5.75 Å². The van der Waals surface area contributed by atoms with Crippen LogP contribution in [0, 0.1) is 0 Å². The van der Waals surface area contributed by atoms with E-state index in [-0.39, 0.29) is 11.8 Å². The van der Waals surface area contributed by atoms with Crippen LogP contribution in [0.25, 0.3) is 0 Å². The van der Waals surface area contributed by atoms with E-state index in [0.29, 0.717) is 31.1 Å². The van der Waals surface area contributed by atoms with Crippen molar-refractivity contribution < 1.29 is 23.8 Å². The van der Waals surface area contributed by atoms with Crippen LogP contribution < -0.4 is 20.5 Å². The summed E-state index contributed by atoms with van der Waals surface area (Å²) in [6, 6.07) is 6.90. The van der Waals surface area contributed by atoms with Gasteiger partial charge in [-0.3, -0.25) is 20.4 Å². The maximum atomic E-state index is 12.6. The molecule has 2 N–H and O–H groups in total. The molecule has 1 aromatic carbocycles. The highest BCUT2D eigenvalue weighted by atomic mass is 32.1. The number of anilines is 1. The fraction of sp³-hybridized carbons (Fsp3) is 0.450. The standard InChI is InChI=1S/C20H24N4O5S/c25-18(15-5-1-2-6-17(15)29-12-14-4-3-9-28-14)22-23-19(26)16-13-30-20(21-16)24-7-10-27-11-8-24/h1-2,5-6,13-14H,3-4,7-12H2,(H,22,25)(H,23,26). The Balaban J connectivity index is 1.32. The Labute approximate surface area is 178 Å². The smallest absolute Gasteiger partial charge is 0.289 e. The van der Waals surface area contributed by atoms with Crippen molar-refractivity contribution in [3.05, 3.63) is 40.9 Å². The van der Waals surface area contributed by atoms with Crippen LogP contribution in [0.1, 0.15) is 33.7 Å². The van der Waals surface area contributed by atoms with Crippen LogP contribution in [-0.4, -0.2) is 62.4 Å². The lowest BCUT2D eigenvalue weighted by Gasteiger charge is -2.25. The topological polar surface area (TPSA) is 102 Å². The first-order valence-corrected chi connectivity index (χ1v) is 10.8. The monoisotopic (exact) mass is 432 g/mol. The van der Waals surface area contributed by atoms with E-state index in [1.165, 1.54) is 11.3 Å². The minimum absolute atomic E-state index is 0.0474. The number of carbonyl (C=O) groups is 2. The first kappa shape index (κ1) is 20.6. The zero-order valence-corrected chi connectivity index (χ0v) is 17.3. The van der Waals surface area contributed by atoms with Crippen LogP contribution in [0.4, 0.5) is 5.13 Å². The van der Waals surface area contributed by atoms with Crippen molar-refractivity contribution >= 4 is 28.3 Å². The van der Waals surface area contributed by atoms with Crippen molar-refractivity contribution in [3.63, 3.8) is 0 Å². The summed E-state index contributed by atoms with van der Waals surface area (Å²) in [7, 11) is 0. The highest BCUT2D eigenvalue weighted by Gasteiger charge is 2.20. The summed E-state index contributed by atoms with van der Waals surface area (Å²) >= 11 is 1.39. The Hall–Kier alpha value is -2.69. The third-order valence-corrected chi connectivity index (χ3v) is 5.78. The fourth-order valence-corrected chi connectivity index (χ4v) is 4.11. The molecule has 1 aromatic heterocycles. The number of benzene rings is 1. The zero-order chi connectivity index (χ0) is 20.8. The lowest BCUT2D eigenvalue weighted by atomic mass is 10.2. The molecule has 30 heavy (non-hydrogen) atoms. The van der Waals surface area contributed by atoms with Gasteiger partial charge in [0, 0.05) is 25.1 Å². The molecule has 4 rings (SSSR count). The Morgan fingerprint density at radius 3 is 2.77 bits per heavy atom. The highest BCUT2D eigenvalue weighted by Crippen LogP contribution is 2.22. The van der Waals surface area contributed by atoms with E-state index < -0.39 is 11.8 Å². The average molecular weight is 433 g/mol. The van der Waals surface area contributed by atoms with E-state index >= 15 is 0 Å². The Morgan fingerprint density at radius 2 is 1.97 bits per heavy atom. The number of aromatic nitrogens is 1. The molecule has 0 radical (unpaired) electrons. The molecule has 2 aliphatic heterocycles. The largest absolute Gasteiger partial charge is 0.490 e. The number of hydrogen-bond acceptors (Lipinski definition) is 8. The molecule has 1 unspecified atom stereocenters. The Morgan fingerprint density at radius 1 is 1.17 bits per heavy atom. The van der Waals surface area contributed by atoms with E-state index in [0.717, 1.165) is 37.7 Å². The second-order valence-electron chi connectivity index (χ2n) is 6.97. The third-order valence-electron chi connectivity index (χ3n) is 4.88. The van der Waals surface area contributed by atoms with Crippen LogP contribution in [0.15, 0.2) is 29.6 Å². The summed E-state index contributed by atoms with van der Waals surface area (Å²) < 4.78 is 16.7. The molecule has 2 fully saturated rings. The number of hydrogen-bond donors (Lipinski definition) is 2. The maximum Gasteiger partial charge on any atom is 0.289 e. The number of amides is 2. The Bertz CT molecular complexity index is 878. The molecule has 1 atom stereocenters. The average Bonchev–Trinajstić information content (AvgIpc) is 3.49. The number of nitrogens with zero attached hydrogens (tertiary/aromatic N) is 2. The summed E-state index contributed by atoms with van der Waals surface area (Å²) in [5, 5.41) is 2.44. The molecule has 0 spiro atoms. The van der Waals surface area contributed by atoms with Crippen molar-refractivity contribution in [2.24, 2.45) is 0 Å². The van der Waals surface area contributed by atoms with Crippen LogP contribution in [0.2, 0.25) is 0 Å². The van der Waals surface area contributed by atoms with Gasteiger partial charge in [0.25, 0.3) is 11.8 Å². The van der Waals surface area contributed by atoms with Gasteiger partial charge in [-0.25, -0.2) is 4.98 Å². The fourth-order valence-electron chi connectivity index (χ4n) is 3.25. The summed E-state index contributed by atoms with van der Waals surface area (Å²) in [5.41, 5.74) is 5.45. The van der Waals surface area contributed by atoms with Crippen LogP contribution >= 0.6 is 11.3 Å². The molecule has 0 aliphatic carbocycles. The molecule has 3 heterocycles. The van der Waals surface area contributed by atoms with Gasteiger partial charge in [-0.05, 0) is 25.0 Å². The number of morpholine rings is 1. The first-order chi connectivity index (χ1) is 14.7. The van der Waals surface area contributed by atoms with E-state index in [1.54, 1.807) is 29.6 Å². The molecular formula is C20H24N4O5S. The lowest BCUT2D eigenvalue weighted by Crippen LogP contribution is -2.42. The van der Waals surface area contributed by atoms with Gasteiger partial charge in [-0.2, -0.15) is 0 Å². The molecule has 2 amide bonds. The predicted molar refractivity (Wildman–Crippen MR) is 111 cm³/mol. The molecule has 2 saturated heterocycles. The summed E-state index contributed by atoms with van der Waals surface area (Å²) in [5.74, 6) is -0.491. The van der Waals surface area contributed by atoms with Crippen molar-refractivity contribution in [1.29, 1.82) is 0 Å². The normalized spacial score (nSPS) is 18.8. The molecular weight excluding hydrogens is 408 g/mol. The molecule has 2 aliphatic rings. The number of rotatable bonds is 6. The molecule has 2 aromatic rings. The van der Waals surface area contributed by atoms with Gasteiger partial charge in [0.2, 0.25) is 0 Å². The quantitative estimate of drug-likeness (QED) is 0.669.